The van der Waals surface area contributed by atoms with Crippen LogP contribution in [0, 0.1) is 11.3 Å². The second-order valence-corrected chi connectivity index (χ2v) is 11.6. The van der Waals surface area contributed by atoms with Crippen molar-refractivity contribution in [2.24, 2.45) is 17.1 Å². The first-order valence-electron chi connectivity index (χ1n) is 13.9. The summed E-state index contributed by atoms with van der Waals surface area (Å²) < 4.78 is 6.04. The highest BCUT2D eigenvalue weighted by Gasteiger charge is 2.33. The van der Waals surface area contributed by atoms with E-state index in [0.29, 0.717) is 35.7 Å². The highest BCUT2D eigenvalue weighted by molar-refractivity contribution is 5.98. The van der Waals surface area contributed by atoms with Crippen LogP contribution in [0.25, 0.3) is 11.1 Å². The molecular formula is C30H40N4O3. The van der Waals surface area contributed by atoms with E-state index in [4.69, 9.17) is 10.5 Å². The van der Waals surface area contributed by atoms with E-state index in [9.17, 15) is 9.59 Å². The van der Waals surface area contributed by atoms with Crippen molar-refractivity contribution in [3.05, 3.63) is 48.2 Å². The molecule has 198 valence electrons. The maximum Gasteiger partial charge on any atom is 0.254 e. The Hall–Kier alpha value is -2.93. The van der Waals surface area contributed by atoms with Gasteiger partial charge in [0.05, 0.1) is 6.61 Å². The summed E-state index contributed by atoms with van der Waals surface area (Å²) >= 11 is 0. The van der Waals surface area contributed by atoms with Crippen LogP contribution in [-0.2, 0) is 4.79 Å². The monoisotopic (exact) mass is 504 g/mol. The summed E-state index contributed by atoms with van der Waals surface area (Å²) in [5, 5.41) is 0. The molecule has 2 N–H and O–H groups in total. The Labute approximate surface area is 220 Å². The minimum Gasteiger partial charge on any atom is -0.477 e. The molecule has 3 heterocycles. The van der Waals surface area contributed by atoms with Crippen LogP contribution in [0.15, 0.2) is 42.6 Å². The summed E-state index contributed by atoms with van der Waals surface area (Å²) in [5.74, 6) is 0.662. The lowest BCUT2D eigenvalue weighted by atomic mass is 9.87. The molecule has 5 rings (SSSR count). The molecule has 1 saturated carbocycles. The number of amides is 2. The number of ether oxygens (including phenoxy) is 1. The van der Waals surface area contributed by atoms with Crippen LogP contribution >= 0.6 is 0 Å². The molecule has 37 heavy (non-hydrogen) atoms. The number of carbonyl (C=O) groups is 2. The quantitative estimate of drug-likeness (QED) is 0.571. The fourth-order valence-electron chi connectivity index (χ4n) is 6.35. The summed E-state index contributed by atoms with van der Waals surface area (Å²) in [6.45, 7) is 7.36. The molecule has 7 nitrogen and oxygen atoms in total. The molecule has 0 radical (unpaired) electrons. The predicted octanol–water partition coefficient (Wildman–Crippen LogP) is 4.51. The third kappa shape index (κ3) is 6.15. The Morgan fingerprint density at radius 1 is 0.973 bits per heavy atom. The van der Waals surface area contributed by atoms with Crippen LogP contribution in [0.5, 0.6) is 5.88 Å². The lowest BCUT2D eigenvalue weighted by Crippen LogP contribution is -2.43. The van der Waals surface area contributed by atoms with Crippen molar-refractivity contribution < 1.29 is 14.3 Å². The van der Waals surface area contributed by atoms with Gasteiger partial charge >= 0.3 is 0 Å². The third-order valence-corrected chi connectivity index (χ3v) is 8.63. The maximum absolute atomic E-state index is 12.9. The molecule has 1 aromatic carbocycles. The first-order valence-corrected chi connectivity index (χ1v) is 13.9. The van der Waals surface area contributed by atoms with E-state index in [-0.39, 0.29) is 5.91 Å². The zero-order valence-electron chi connectivity index (χ0n) is 22.0. The molecule has 2 amide bonds. The molecule has 0 spiro atoms. The van der Waals surface area contributed by atoms with Crippen LogP contribution in [0.1, 0.15) is 68.6 Å². The van der Waals surface area contributed by atoms with Crippen molar-refractivity contribution in [1.29, 1.82) is 0 Å². The largest absolute Gasteiger partial charge is 0.477 e. The normalized spacial score (nSPS) is 22.3. The zero-order chi connectivity index (χ0) is 25.8. The molecular weight excluding hydrogens is 464 g/mol. The van der Waals surface area contributed by atoms with Crippen molar-refractivity contribution in [3.63, 3.8) is 0 Å². The number of piperidine rings is 1. The lowest BCUT2D eigenvalue weighted by Gasteiger charge is -2.37. The Kier molecular flexibility index (Phi) is 7.79. The van der Waals surface area contributed by atoms with E-state index in [2.05, 4.69) is 16.8 Å². The van der Waals surface area contributed by atoms with Gasteiger partial charge in [0.1, 0.15) is 6.04 Å². The molecule has 7 heteroatoms. The van der Waals surface area contributed by atoms with Gasteiger partial charge in [-0.15, -0.1) is 0 Å². The standard InChI is InChI=1S/C30H40N4O3/c1-30(14-2-3-15-30)21-33-17-12-22(13-18-33)20-37-27-11-10-25(19-32-27)23-6-8-24(9-7-23)29(36)34-16-4-5-26(34)28(31)35/h6-11,19,22,26H,2-5,12-18,20-21H2,1H3,(H2,31,35)/t26-/m0/s1. The fourth-order valence-corrected chi connectivity index (χ4v) is 6.35. The van der Waals surface area contributed by atoms with Crippen LogP contribution in [0.2, 0.25) is 0 Å². The number of nitrogens with zero attached hydrogens (tertiary/aromatic N) is 3. The predicted molar refractivity (Wildman–Crippen MR) is 144 cm³/mol. The first kappa shape index (κ1) is 25.7. The van der Waals surface area contributed by atoms with Crippen LogP contribution in [-0.4, -0.2) is 65.4 Å². The number of nitrogens with two attached hydrogens (primary N) is 1. The van der Waals surface area contributed by atoms with Gasteiger partial charge in [0.25, 0.3) is 5.91 Å². The van der Waals surface area contributed by atoms with E-state index in [1.807, 2.05) is 30.5 Å². The summed E-state index contributed by atoms with van der Waals surface area (Å²) in [6, 6.07) is 10.9. The average molecular weight is 505 g/mol. The minimum absolute atomic E-state index is 0.145. The molecule has 2 aromatic rings. The van der Waals surface area contributed by atoms with E-state index in [0.717, 1.165) is 24.2 Å². The van der Waals surface area contributed by atoms with Gasteiger partial charge in [-0.05, 0) is 86.7 Å². The van der Waals surface area contributed by atoms with Gasteiger partial charge in [0, 0.05) is 36.5 Å². The lowest BCUT2D eigenvalue weighted by molar-refractivity contribution is -0.121. The van der Waals surface area contributed by atoms with Gasteiger partial charge in [-0.1, -0.05) is 31.9 Å². The summed E-state index contributed by atoms with van der Waals surface area (Å²) in [5.41, 5.74) is 8.51. The van der Waals surface area contributed by atoms with E-state index >= 15 is 0 Å². The molecule has 3 aliphatic rings. The SMILES string of the molecule is CC1(CN2CCC(COc3ccc(-c4ccc(C(=O)N5CCC[C@H]5C(N)=O)cc4)cn3)CC2)CCCC1. The highest BCUT2D eigenvalue weighted by Crippen LogP contribution is 2.38. The zero-order valence-corrected chi connectivity index (χ0v) is 22.0. The summed E-state index contributed by atoms with van der Waals surface area (Å²) in [7, 11) is 0. The Balaban J connectivity index is 1.10. The Morgan fingerprint density at radius 2 is 1.68 bits per heavy atom. The minimum atomic E-state index is -0.503. The molecule has 3 fully saturated rings. The van der Waals surface area contributed by atoms with Crippen molar-refractivity contribution in [3.8, 4) is 17.0 Å². The molecule has 0 bridgehead atoms. The van der Waals surface area contributed by atoms with Crippen molar-refractivity contribution in [1.82, 2.24) is 14.8 Å². The first-order chi connectivity index (χ1) is 17.9. The van der Waals surface area contributed by atoms with Gasteiger partial charge in [-0.25, -0.2) is 4.98 Å². The number of aromatic nitrogens is 1. The smallest absolute Gasteiger partial charge is 0.254 e. The second kappa shape index (κ2) is 11.2. The van der Waals surface area contributed by atoms with Crippen molar-refractivity contribution in [2.75, 3.05) is 32.8 Å². The molecule has 1 aromatic heterocycles. The second-order valence-electron chi connectivity index (χ2n) is 11.6. The number of likely N-dealkylation sites (tertiary alicyclic amines) is 2. The molecule has 2 aliphatic heterocycles. The van der Waals surface area contributed by atoms with Gasteiger partial charge in [-0.2, -0.15) is 0 Å². The van der Waals surface area contributed by atoms with Gasteiger partial charge in [-0.3, -0.25) is 9.59 Å². The van der Waals surface area contributed by atoms with Gasteiger partial charge in [0.2, 0.25) is 11.8 Å². The molecule has 0 unspecified atom stereocenters. The number of carbonyl (C=O) groups excluding carboxylic acids is 2. The number of benzene rings is 1. The van der Waals surface area contributed by atoms with E-state index < -0.39 is 11.9 Å². The topological polar surface area (TPSA) is 88.8 Å². The van der Waals surface area contributed by atoms with Crippen LogP contribution in [0.4, 0.5) is 0 Å². The molecule has 1 atom stereocenters. The van der Waals surface area contributed by atoms with Crippen molar-refractivity contribution >= 4 is 11.8 Å². The average Bonchev–Trinajstić information content (AvgIpc) is 3.58. The number of hydrogen-bond acceptors (Lipinski definition) is 5. The highest BCUT2D eigenvalue weighted by atomic mass is 16.5. The number of hydrogen-bond donors (Lipinski definition) is 1. The third-order valence-electron chi connectivity index (χ3n) is 8.63. The maximum atomic E-state index is 12.9. The number of rotatable bonds is 8. The fraction of sp³-hybridized carbons (Fsp3) is 0.567. The Morgan fingerprint density at radius 3 is 2.32 bits per heavy atom. The Bertz CT molecular complexity index is 1070. The summed E-state index contributed by atoms with van der Waals surface area (Å²) in [4.78, 5) is 33.3. The number of pyridine rings is 1. The van der Waals surface area contributed by atoms with Gasteiger partial charge < -0.3 is 20.3 Å². The number of primary amides is 1. The van der Waals surface area contributed by atoms with Crippen LogP contribution < -0.4 is 10.5 Å². The van der Waals surface area contributed by atoms with Crippen molar-refractivity contribution in [2.45, 2.75) is 64.3 Å². The van der Waals surface area contributed by atoms with E-state index in [1.54, 1.807) is 17.0 Å². The summed E-state index contributed by atoms with van der Waals surface area (Å²) in [6.07, 6.45) is 11.2. The molecule has 2 saturated heterocycles. The molecule has 1 aliphatic carbocycles. The van der Waals surface area contributed by atoms with Gasteiger partial charge in [0.15, 0.2) is 0 Å². The van der Waals surface area contributed by atoms with E-state index in [1.165, 1.54) is 58.2 Å². The van der Waals surface area contributed by atoms with Crippen LogP contribution in [0.3, 0.4) is 0 Å².